The van der Waals surface area contributed by atoms with Gasteiger partial charge in [-0.3, -0.25) is 9.97 Å². The van der Waals surface area contributed by atoms with Crippen LogP contribution in [-0.2, 0) is 6.54 Å². The van der Waals surface area contributed by atoms with E-state index in [1.54, 1.807) is 12.4 Å². The number of nitrogen functional groups attached to an aromatic ring is 1. The van der Waals surface area contributed by atoms with Crippen LogP contribution >= 0.6 is 0 Å². The number of rotatable bonds is 2. The average Bonchev–Trinajstić information content (AvgIpc) is 2.23. The number of nitrogens with one attached hydrogen (secondary N) is 1. The fourth-order valence-corrected chi connectivity index (χ4v) is 1.47. The van der Waals surface area contributed by atoms with Crippen LogP contribution in [0.5, 0.6) is 0 Å². The average molecular weight is 188 g/mol. The molecule has 0 saturated carbocycles. The third-order valence-electron chi connectivity index (χ3n) is 2.14. The number of nitrogens with zero attached hydrogens (tertiary/aromatic N) is 2. The molecule has 0 radical (unpaired) electrons. The maximum atomic E-state index is 5.86. The molecule has 72 valence electrons. The Labute approximate surface area is 82.2 Å². The lowest BCUT2D eigenvalue weighted by atomic mass is 10.1. The lowest BCUT2D eigenvalue weighted by Crippen LogP contribution is -2.09. The molecule has 0 atom stereocenters. The van der Waals surface area contributed by atoms with Crippen molar-refractivity contribution in [2.45, 2.75) is 6.54 Å². The van der Waals surface area contributed by atoms with Crippen molar-refractivity contribution in [2.24, 2.45) is 0 Å². The lowest BCUT2D eigenvalue weighted by Gasteiger charge is -2.07. The Kier molecular flexibility index (Phi) is 2.28. The van der Waals surface area contributed by atoms with E-state index < -0.39 is 0 Å². The fraction of sp³-hybridized carbons (Fsp3) is 0.200. The molecule has 2 rings (SSSR count). The van der Waals surface area contributed by atoms with E-state index in [0.29, 0.717) is 6.54 Å². The van der Waals surface area contributed by atoms with E-state index in [1.165, 1.54) is 0 Å². The van der Waals surface area contributed by atoms with Crippen LogP contribution in [0.1, 0.15) is 5.56 Å². The van der Waals surface area contributed by atoms with Gasteiger partial charge in [-0.15, -0.1) is 0 Å². The largest absolute Gasteiger partial charge is 0.398 e. The predicted molar refractivity (Wildman–Crippen MR) is 56.7 cm³/mol. The van der Waals surface area contributed by atoms with Gasteiger partial charge in [-0.1, -0.05) is 0 Å². The van der Waals surface area contributed by atoms with Crippen LogP contribution in [0, 0.1) is 0 Å². The molecule has 1 aromatic carbocycles. The SMILES string of the molecule is CNCc1c(N)ccc2nccnc12. The molecule has 0 saturated heterocycles. The van der Waals surface area contributed by atoms with Crippen molar-refractivity contribution in [3.05, 3.63) is 30.1 Å². The molecule has 0 fully saturated rings. The van der Waals surface area contributed by atoms with E-state index in [-0.39, 0.29) is 0 Å². The zero-order chi connectivity index (χ0) is 9.97. The van der Waals surface area contributed by atoms with Crippen LogP contribution in [-0.4, -0.2) is 17.0 Å². The Morgan fingerprint density at radius 2 is 2.07 bits per heavy atom. The molecule has 0 bridgehead atoms. The van der Waals surface area contributed by atoms with Crippen LogP contribution < -0.4 is 11.1 Å². The van der Waals surface area contributed by atoms with Gasteiger partial charge in [0.15, 0.2) is 0 Å². The molecule has 0 aliphatic heterocycles. The summed E-state index contributed by atoms with van der Waals surface area (Å²) in [6.07, 6.45) is 3.36. The van der Waals surface area contributed by atoms with Gasteiger partial charge in [0.1, 0.15) is 0 Å². The summed E-state index contributed by atoms with van der Waals surface area (Å²) in [5, 5.41) is 3.07. The number of anilines is 1. The monoisotopic (exact) mass is 188 g/mol. The highest BCUT2D eigenvalue weighted by molar-refractivity contribution is 5.82. The predicted octanol–water partition coefficient (Wildman–Crippen LogP) is 0.931. The maximum absolute atomic E-state index is 5.86. The van der Waals surface area contributed by atoms with Gasteiger partial charge in [-0.25, -0.2) is 0 Å². The quantitative estimate of drug-likeness (QED) is 0.688. The second-order valence-electron chi connectivity index (χ2n) is 3.09. The van der Waals surface area contributed by atoms with E-state index in [4.69, 9.17) is 5.73 Å². The van der Waals surface area contributed by atoms with Crippen LogP contribution in [0.4, 0.5) is 5.69 Å². The Morgan fingerprint density at radius 3 is 2.86 bits per heavy atom. The molecule has 0 unspecified atom stereocenters. The fourth-order valence-electron chi connectivity index (χ4n) is 1.47. The number of aromatic nitrogens is 2. The zero-order valence-electron chi connectivity index (χ0n) is 7.99. The van der Waals surface area contributed by atoms with E-state index in [2.05, 4.69) is 15.3 Å². The summed E-state index contributed by atoms with van der Waals surface area (Å²) in [4.78, 5) is 8.50. The van der Waals surface area contributed by atoms with Crippen molar-refractivity contribution in [3.63, 3.8) is 0 Å². The molecule has 0 aliphatic rings. The highest BCUT2D eigenvalue weighted by Crippen LogP contribution is 2.20. The van der Waals surface area contributed by atoms with Gasteiger partial charge >= 0.3 is 0 Å². The van der Waals surface area contributed by atoms with Gasteiger partial charge in [-0.2, -0.15) is 0 Å². The van der Waals surface area contributed by atoms with Crippen LogP contribution in [0.2, 0.25) is 0 Å². The second-order valence-corrected chi connectivity index (χ2v) is 3.09. The van der Waals surface area contributed by atoms with Gasteiger partial charge < -0.3 is 11.1 Å². The van der Waals surface area contributed by atoms with Crippen molar-refractivity contribution < 1.29 is 0 Å². The summed E-state index contributed by atoms with van der Waals surface area (Å²) >= 11 is 0. The van der Waals surface area contributed by atoms with Crippen molar-refractivity contribution in [2.75, 3.05) is 12.8 Å². The minimum absolute atomic E-state index is 0.710. The second kappa shape index (κ2) is 3.59. The molecule has 0 amide bonds. The minimum atomic E-state index is 0.710. The van der Waals surface area contributed by atoms with Crippen molar-refractivity contribution in [1.29, 1.82) is 0 Å². The van der Waals surface area contributed by atoms with Crippen molar-refractivity contribution >= 4 is 16.7 Å². The topological polar surface area (TPSA) is 63.8 Å². The summed E-state index contributed by atoms with van der Waals surface area (Å²) in [5.41, 5.74) is 9.39. The maximum Gasteiger partial charge on any atom is 0.0952 e. The first-order valence-corrected chi connectivity index (χ1v) is 4.45. The Bertz CT molecular complexity index is 453. The molecule has 3 N–H and O–H groups in total. The third-order valence-corrected chi connectivity index (χ3v) is 2.14. The summed E-state index contributed by atoms with van der Waals surface area (Å²) in [6.45, 7) is 0.710. The van der Waals surface area contributed by atoms with Gasteiger partial charge in [-0.05, 0) is 19.2 Å². The highest BCUT2D eigenvalue weighted by atomic mass is 14.8. The smallest absolute Gasteiger partial charge is 0.0952 e. The van der Waals surface area contributed by atoms with Crippen LogP contribution in [0.25, 0.3) is 11.0 Å². The molecular formula is C10H12N4. The van der Waals surface area contributed by atoms with Crippen LogP contribution in [0.15, 0.2) is 24.5 Å². The summed E-state index contributed by atoms with van der Waals surface area (Å²) in [5.74, 6) is 0. The molecule has 0 aliphatic carbocycles. The van der Waals surface area contributed by atoms with Gasteiger partial charge in [0, 0.05) is 30.2 Å². The molecule has 4 heteroatoms. The lowest BCUT2D eigenvalue weighted by molar-refractivity contribution is 0.823. The molecule has 4 nitrogen and oxygen atoms in total. The van der Waals surface area contributed by atoms with E-state index >= 15 is 0 Å². The summed E-state index contributed by atoms with van der Waals surface area (Å²) in [7, 11) is 1.88. The van der Waals surface area contributed by atoms with E-state index in [1.807, 2.05) is 19.2 Å². The Balaban J connectivity index is 2.69. The molecule has 0 spiro atoms. The molecule has 1 aromatic heterocycles. The van der Waals surface area contributed by atoms with Crippen molar-refractivity contribution in [3.8, 4) is 0 Å². The number of hydrogen-bond acceptors (Lipinski definition) is 4. The zero-order valence-corrected chi connectivity index (χ0v) is 7.99. The summed E-state index contributed by atoms with van der Waals surface area (Å²) < 4.78 is 0. The van der Waals surface area contributed by atoms with Gasteiger partial charge in [0.25, 0.3) is 0 Å². The highest BCUT2D eigenvalue weighted by Gasteiger charge is 2.05. The van der Waals surface area contributed by atoms with E-state index in [9.17, 15) is 0 Å². The molecule has 14 heavy (non-hydrogen) atoms. The third kappa shape index (κ3) is 1.40. The standard InChI is InChI=1S/C10H12N4/c1-12-6-7-8(11)2-3-9-10(7)14-5-4-13-9/h2-5,12H,6,11H2,1H3. The number of benzene rings is 1. The Hall–Kier alpha value is -1.68. The normalized spacial score (nSPS) is 10.6. The van der Waals surface area contributed by atoms with Crippen LogP contribution in [0.3, 0.4) is 0 Å². The number of fused-ring (bicyclic) bond motifs is 1. The van der Waals surface area contributed by atoms with Gasteiger partial charge in [0.05, 0.1) is 11.0 Å². The molecular weight excluding hydrogens is 176 g/mol. The van der Waals surface area contributed by atoms with Crippen molar-refractivity contribution in [1.82, 2.24) is 15.3 Å². The first-order chi connectivity index (χ1) is 6.83. The minimum Gasteiger partial charge on any atom is -0.398 e. The first kappa shape index (κ1) is 8.90. The number of nitrogens with two attached hydrogens (primary N) is 1. The molecule has 1 heterocycles. The summed E-state index contributed by atoms with van der Waals surface area (Å²) in [6, 6.07) is 3.75. The van der Waals surface area contributed by atoms with E-state index in [0.717, 1.165) is 22.3 Å². The number of hydrogen-bond donors (Lipinski definition) is 2. The first-order valence-electron chi connectivity index (χ1n) is 4.45. The Morgan fingerprint density at radius 1 is 1.29 bits per heavy atom. The molecule has 2 aromatic rings. The van der Waals surface area contributed by atoms with Gasteiger partial charge in [0.2, 0.25) is 0 Å².